The van der Waals surface area contributed by atoms with Crippen LogP contribution in [0.3, 0.4) is 0 Å². The van der Waals surface area contributed by atoms with E-state index in [9.17, 15) is 9.59 Å². The molecule has 10 heteroatoms. The van der Waals surface area contributed by atoms with Crippen LogP contribution in [0.2, 0.25) is 10.0 Å². The van der Waals surface area contributed by atoms with E-state index in [1.165, 1.54) is 11.3 Å². The highest BCUT2D eigenvalue weighted by molar-refractivity contribution is 6.35. The first kappa shape index (κ1) is 29.2. The van der Waals surface area contributed by atoms with E-state index < -0.39 is 6.04 Å². The number of ether oxygens (including phenoxy) is 1. The van der Waals surface area contributed by atoms with Crippen molar-refractivity contribution in [2.24, 2.45) is 0 Å². The van der Waals surface area contributed by atoms with Gasteiger partial charge >= 0.3 is 0 Å². The summed E-state index contributed by atoms with van der Waals surface area (Å²) < 4.78 is 5.27. The number of benzene rings is 2. The van der Waals surface area contributed by atoms with Crippen LogP contribution >= 0.6 is 23.2 Å². The molecule has 1 unspecified atom stereocenters. The summed E-state index contributed by atoms with van der Waals surface area (Å²) in [7, 11) is 3.38. The van der Waals surface area contributed by atoms with E-state index >= 15 is 0 Å². The van der Waals surface area contributed by atoms with Gasteiger partial charge in [-0.15, -0.1) is 0 Å². The Hall–Kier alpha value is -2.36. The monoisotopic (exact) mass is 549 g/mol. The van der Waals surface area contributed by atoms with Gasteiger partial charge in [0.2, 0.25) is 11.8 Å². The van der Waals surface area contributed by atoms with E-state index in [0.29, 0.717) is 42.6 Å². The molecule has 8 nitrogen and oxygen atoms in total. The number of para-hydroxylation sites is 1. The lowest BCUT2D eigenvalue weighted by atomic mass is 10.0. The molecule has 2 aromatic carbocycles. The zero-order valence-electron chi connectivity index (χ0n) is 21.7. The summed E-state index contributed by atoms with van der Waals surface area (Å²) in [5, 5.41) is 10.1. The van der Waals surface area contributed by atoms with Crippen LogP contribution in [-0.4, -0.2) is 82.4 Å². The highest BCUT2D eigenvalue weighted by Gasteiger charge is 2.30. The number of hydrogen-bond acceptors (Lipinski definition) is 6. The van der Waals surface area contributed by atoms with E-state index in [1.54, 1.807) is 32.4 Å². The summed E-state index contributed by atoms with van der Waals surface area (Å²) in [5.41, 5.74) is 3.21. The molecular weight excluding hydrogens is 513 g/mol. The Morgan fingerprint density at radius 3 is 2.46 bits per heavy atom. The van der Waals surface area contributed by atoms with E-state index in [0.717, 1.165) is 18.5 Å². The van der Waals surface area contributed by atoms with Crippen LogP contribution in [0.15, 0.2) is 42.5 Å². The standard InChI is InChI=1S/C27H37Cl2N5O3/c1-19(37-3)31-11-10-20-6-4-5-7-25(20)33-12-14-34(15-13-33)27(36)24(32-26(35)18-30-2)16-21-8-9-22(28)17-23(21)29/h4-9,17,19,24,30-31H,10-16,18H2,1-3H3,(H,32,35)/t19?,24-/m1/s1. The zero-order chi connectivity index (χ0) is 26.8. The molecule has 0 saturated carbocycles. The minimum Gasteiger partial charge on any atom is -0.368 e. The van der Waals surface area contributed by atoms with Gasteiger partial charge in [0.25, 0.3) is 0 Å². The van der Waals surface area contributed by atoms with Crippen LogP contribution in [0.25, 0.3) is 0 Å². The summed E-state index contributed by atoms with van der Waals surface area (Å²) in [4.78, 5) is 30.1. The lowest BCUT2D eigenvalue weighted by Crippen LogP contribution is -2.56. The first-order chi connectivity index (χ1) is 17.8. The highest BCUT2D eigenvalue weighted by atomic mass is 35.5. The number of likely N-dealkylation sites (N-methyl/N-ethyl adjacent to an activating group) is 1. The van der Waals surface area contributed by atoms with Gasteiger partial charge in [-0.2, -0.15) is 0 Å². The molecule has 1 heterocycles. The van der Waals surface area contributed by atoms with Gasteiger partial charge in [0.1, 0.15) is 12.3 Å². The molecule has 202 valence electrons. The van der Waals surface area contributed by atoms with E-state index in [4.69, 9.17) is 27.9 Å². The maximum absolute atomic E-state index is 13.5. The minimum absolute atomic E-state index is 0.00557. The Labute approximate surface area is 229 Å². The minimum atomic E-state index is -0.716. The summed E-state index contributed by atoms with van der Waals surface area (Å²) in [6.45, 7) is 5.48. The maximum Gasteiger partial charge on any atom is 0.245 e. The van der Waals surface area contributed by atoms with Gasteiger partial charge in [0, 0.05) is 62.0 Å². The average molecular weight is 551 g/mol. The summed E-state index contributed by atoms with van der Waals surface area (Å²) in [6, 6.07) is 12.9. The zero-order valence-corrected chi connectivity index (χ0v) is 23.2. The smallest absolute Gasteiger partial charge is 0.245 e. The average Bonchev–Trinajstić information content (AvgIpc) is 2.89. The molecule has 0 spiro atoms. The van der Waals surface area contributed by atoms with Crippen molar-refractivity contribution in [1.82, 2.24) is 20.9 Å². The molecule has 2 amide bonds. The molecule has 1 aliphatic rings. The molecule has 2 aromatic rings. The molecule has 0 radical (unpaired) electrons. The normalized spacial score (nSPS) is 15.4. The van der Waals surface area contributed by atoms with Gasteiger partial charge in [0.05, 0.1) is 6.54 Å². The largest absolute Gasteiger partial charge is 0.368 e. The van der Waals surface area contributed by atoms with Crippen LogP contribution in [-0.2, 0) is 27.2 Å². The predicted molar refractivity (Wildman–Crippen MR) is 149 cm³/mol. The van der Waals surface area contributed by atoms with Crippen molar-refractivity contribution in [2.75, 3.05) is 58.3 Å². The van der Waals surface area contributed by atoms with Crippen molar-refractivity contribution in [1.29, 1.82) is 0 Å². The fraction of sp³-hybridized carbons (Fsp3) is 0.481. The number of nitrogens with zero attached hydrogens (tertiary/aromatic N) is 2. The molecule has 1 aliphatic heterocycles. The second-order valence-corrected chi connectivity index (χ2v) is 9.96. The summed E-state index contributed by atoms with van der Waals surface area (Å²) >= 11 is 12.4. The van der Waals surface area contributed by atoms with Gasteiger partial charge in [-0.25, -0.2) is 0 Å². The molecule has 3 N–H and O–H groups in total. The quantitative estimate of drug-likeness (QED) is 0.353. The molecule has 37 heavy (non-hydrogen) atoms. The number of amides is 2. The number of hydrogen-bond donors (Lipinski definition) is 3. The summed E-state index contributed by atoms with van der Waals surface area (Å²) in [5.74, 6) is -0.351. The van der Waals surface area contributed by atoms with Crippen molar-refractivity contribution < 1.29 is 14.3 Å². The molecule has 1 fully saturated rings. The Morgan fingerprint density at radius 1 is 1.05 bits per heavy atom. The lowest BCUT2D eigenvalue weighted by molar-refractivity contribution is -0.136. The molecule has 1 saturated heterocycles. The van der Waals surface area contributed by atoms with Crippen molar-refractivity contribution in [3.63, 3.8) is 0 Å². The van der Waals surface area contributed by atoms with Crippen molar-refractivity contribution in [2.45, 2.75) is 32.0 Å². The van der Waals surface area contributed by atoms with Crippen molar-refractivity contribution in [3.05, 3.63) is 63.6 Å². The number of carbonyl (C=O) groups is 2. The lowest BCUT2D eigenvalue weighted by Gasteiger charge is -2.38. The Kier molecular flexibility index (Phi) is 11.5. The SMILES string of the molecule is CNCC(=O)N[C@H](Cc1ccc(Cl)cc1Cl)C(=O)N1CCN(c2ccccc2CCNC(C)OC)CC1. The van der Waals surface area contributed by atoms with Gasteiger partial charge in [-0.3, -0.25) is 14.9 Å². The first-order valence-electron chi connectivity index (χ1n) is 12.6. The third kappa shape index (κ3) is 8.58. The molecule has 0 aliphatic carbocycles. The molecule has 2 atom stereocenters. The highest BCUT2D eigenvalue weighted by Crippen LogP contribution is 2.24. The number of halogens is 2. The Balaban J connectivity index is 1.66. The number of anilines is 1. The molecule has 3 rings (SSSR count). The van der Waals surface area contributed by atoms with Crippen molar-refractivity contribution in [3.8, 4) is 0 Å². The third-order valence-electron chi connectivity index (χ3n) is 6.51. The van der Waals surface area contributed by atoms with E-state index in [2.05, 4.69) is 39.0 Å². The predicted octanol–water partition coefficient (Wildman–Crippen LogP) is 2.71. The number of carbonyl (C=O) groups excluding carboxylic acids is 2. The van der Waals surface area contributed by atoms with E-state index in [1.807, 2.05) is 17.9 Å². The molecule has 0 aromatic heterocycles. The van der Waals surface area contributed by atoms with Crippen molar-refractivity contribution >= 4 is 40.7 Å². The van der Waals surface area contributed by atoms with Gasteiger partial charge in [0.15, 0.2) is 0 Å². The van der Waals surface area contributed by atoms with Crippen LogP contribution < -0.4 is 20.9 Å². The van der Waals surface area contributed by atoms with Crippen LogP contribution in [0, 0.1) is 0 Å². The first-order valence-corrected chi connectivity index (χ1v) is 13.3. The second kappa shape index (κ2) is 14.5. The number of methoxy groups -OCH3 is 1. The molecular formula is C27H37Cl2N5O3. The second-order valence-electron chi connectivity index (χ2n) is 9.11. The van der Waals surface area contributed by atoms with Gasteiger partial charge in [-0.05, 0) is 49.7 Å². The fourth-order valence-electron chi connectivity index (χ4n) is 4.43. The number of nitrogens with one attached hydrogen (secondary N) is 3. The number of rotatable bonds is 12. The van der Waals surface area contributed by atoms with Gasteiger partial charge in [-0.1, -0.05) is 47.5 Å². The number of piperazine rings is 1. The molecule has 0 bridgehead atoms. The van der Waals surface area contributed by atoms with Gasteiger partial charge < -0.3 is 25.2 Å². The maximum atomic E-state index is 13.5. The van der Waals surface area contributed by atoms with Crippen LogP contribution in [0.4, 0.5) is 5.69 Å². The Bertz CT molecular complexity index is 1050. The van der Waals surface area contributed by atoms with E-state index in [-0.39, 0.29) is 24.6 Å². The third-order valence-corrected chi connectivity index (χ3v) is 7.10. The van der Waals surface area contributed by atoms with Crippen LogP contribution in [0.1, 0.15) is 18.1 Å². The van der Waals surface area contributed by atoms with Crippen LogP contribution in [0.5, 0.6) is 0 Å². The topological polar surface area (TPSA) is 85.9 Å². The summed E-state index contributed by atoms with van der Waals surface area (Å²) in [6.07, 6.45) is 1.18. The fourth-order valence-corrected chi connectivity index (χ4v) is 4.91. The Morgan fingerprint density at radius 2 is 1.78 bits per heavy atom.